The third-order valence-electron chi connectivity index (χ3n) is 2.62. The average Bonchev–Trinajstić information content (AvgIpc) is 2.27. The SMILES string of the molecule is CC(=O)OC(C)CC/C=C(\C)CC/C=C(/C)C=O. The molecular weight excluding hydrogens is 228 g/mol. The van der Waals surface area contributed by atoms with Gasteiger partial charge in [0.15, 0.2) is 0 Å². The van der Waals surface area contributed by atoms with E-state index in [0.29, 0.717) is 0 Å². The van der Waals surface area contributed by atoms with Gasteiger partial charge in [-0.2, -0.15) is 0 Å². The van der Waals surface area contributed by atoms with Gasteiger partial charge in [0.1, 0.15) is 6.29 Å². The van der Waals surface area contributed by atoms with Crippen molar-refractivity contribution >= 4 is 12.3 Å². The van der Waals surface area contributed by atoms with Gasteiger partial charge in [0, 0.05) is 6.92 Å². The molecule has 1 atom stereocenters. The van der Waals surface area contributed by atoms with Gasteiger partial charge in [0.25, 0.3) is 0 Å². The predicted molar refractivity (Wildman–Crippen MR) is 73.3 cm³/mol. The Labute approximate surface area is 110 Å². The van der Waals surface area contributed by atoms with Crippen molar-refractivity contribution in [1.82, 2.24) is 0 Å². The molecule has 0 aliphatic heterocycles. The zero-order valence-corrected chi connectivity index (χ0v) is 11.9. The molecule has 0 rings (SSSR count). The highest BCUT2D eigenvalue weighted by atomic mass is 16.5. The first-order valence-electron chi connectivity index (χ1n) is 6.40. The average molecular weight is 252 g/mol. The Bertz CT molecular complexity index is 327. The maximum Gasteiger partial charge on any atom is 0.302 e. The summed E-state index contributed by atoms with van der Waals surface area (Å²) in [5.41, 5.74) is 2.09. The summed E-state index contributed by atoms with van der Waals surface area (Å²) in [6, 6.07) is 0. The van der Waals surface area contributed by atoms with Crippen molar-refractivity contribution in [2.45, 2.75) is 59.5 Å². The summed E-state index contributed by atoms with van der Waals surface area (Å²) >= 11 is 0. The van der Waals surface area contributed by atoms with Crippen LogP contribution in [0.3, 0.4) is 0 Å². The molecule has 0 saturated heterocycles. The molecule has 3 nitrogen and oxygen atoms in total. The van der Waals surface area contributed by atoms with Crippen molar-refractivity contribution in [3.8, 4) is 0 Å². The summed E-state index contributed by atoms with van der Waals surface area (Å²) in [5.74, 6) is -0.224. The molecule has 18 heavy (non-hydrogen) atoms. The summed E-state index contributed by atoms with van der Waals surface area (Å²) < 4.78 is 5.04. The van der Waals surface area contributed by atoms with Crippen LogP contribution in [0.15, 0.2) is 23.3 Å². The van der Waals surface area contributed by atoms with Gasteiger partial charge < -0.3 is 4.74 Å². The number of carbonyl (C=O) groups excluding carboxylic acids is 2. The molecule has 102 valence electrons. The highest BCUT2D eigenvalue weighted by Gasteiger charge is 2.03. The second-order valence-electron chi connectivity index (χ2n) is 4.65. The number of hydrogen-bond donors (Lipinski definition) is 0. The van der Waals surface area contributed by atoms with E-state index in [-0.39, 0.29) is 12.1 Å². The number of aldehydes is 1. The number of ether oxygens (including phenoxy) is 1. The molecule has 0 bridgehead atoms. The second-order valence-corrected chi connectivity index (χ2v) is 4.65. The summed E-state index contributed by atoms with van der Waals surface area (Å²) in [4.78, 5) is 21.1. The van der Waals surface area contributed by atoms with Crippen molar-refractivity contribution in [2.75, 3.05) is 0 Å². The maximum absolute atomic E-state index is 10.7. The molecule has 0 amide bonds. The number of carbonyl (C=O) groups is 2. The fourth-order valence-electron chi connectivity index (χ4n) is 1.58. The lowest BCUT2D eigenvalue weighted by molar-refractivity contribution is -0.145. The lowest BCUT2D eigenvalue weighted by Crippen LogP contribution is -2.11. The van der Waals surface area contributed by atoms with Crippen LogP contribution in [0, 0.1) is 0 Å². The summed E-state index contributed by atoms with van der Waals surface area (Å²) in [6.45, 7) is 7.23. The van der Waals surface area contributed by atoms with Crippen molar-refractivity contribution in [3.05, 3.63) is 23.3 Å². The van der Waals surface area contributed by atoms with Crippen LogP contribution in [-0.2, 0) is 14.3 Å². The molecule has 0 heterocycles. The van der Waals surface area contributed by atoms with E-state index in [1.54, 1.807) is 0 Å². The highest BCUT2D eigenvalue weighted by molar-refractivity contribution is 5.71. The van der Waals surface area contributed by atoms with Crippen LogP contribution < -0.4 is 0 Å². The fraction of sp³-hybridized carbons (Fsp3) is 0.600. The molecule has 0 aliphatic carbocycles. The first-order valence-corrected chi connectivity index (χ1v) is 6.40. The molecule has 0 radical (unpaired) electrons. The standard InChI is InChI=1S/C15H24O3/c1-12(7-5-9-13(2)11-16)8-6-10-14(3)18-15(4)17/h8-9,11,14H,5-7,10H2,1-4H3/b12-8+,13-9-. The molecular formula is C15H24O3. The van der Waals surface area contributed by atoms with Crippen LogP contribution in [0.2, 0.25) is 0 Å². The molecule has 0 aromatic heterocycles. The Kier molecular flexibility index (Phi) is 8.89. The molecule has 0 aliphatic rings. The normalized spacial score (nSPS) is 14.2. The van der Waals surface area contributed by atoms with E-state index in [4.69, 9.17) is 4.74 Å². The summed E-state index contributed by atoms with van der Waals surface area (Å²) in [7, 11) is 0. The number of rotatable bonds is 8. The van der Waals surface area contributed by atoms with Gasteiger partial charge in [0.05, 0.1) is 6.10 Å². The largest absolute Gasteiger partial charge is 0.463 e. The third kappa shape index (κ3) is 9.82. The minimum Gasteiger partial charge on any atom is -0.463 e. The van der Waals surface area contributed by atoms with Gasteiger partial charge >= 0.3 is 5.97 Å². The smallest absolute Gasteiger partial charge is 0.302 e. The molecule has 1 unspecified atom stereocenters. The van der Waals surface area contributed by atoms with Gasteiger partial charge in [-0.15, -0.1) is 0 Å². The summed E-state index contributed by atoms with van der Waals surface area (Å²) in [6.07, 6.45) is 8.59. The Hall–Kier alpha value is -1.38. The number of allylic oxidation sites excluding steroid dienone is 4. The third-order valence-corrected chi connectivity index (χ3v) is 2.62. The molecule has 0 spiro atoms. The lowest BCUT2D eigenvalue weighted by Gasteiger charge is -2.10. The first kappa shape index (κ1) is 16.6. The van der Waals surface area contributed by atoms with Gasteiger partial charge in [-0.1, -0.05) is 17.7 Å². The molecule has 0 saturated carbocycles. The topological polar surface area (TPSA) is 43.4 Å². The molecule has 0 aromatic rings. The monoisotopic (exact) mass is 252 g/mol. The zero-order valence-electron chi connectivity index (χ0n) is 11.9. The quantitative estimate of drug-likeness (QED) is 0.287. The van der Waals surface area contributed by atoms with E-state index in [1.807, 2.05) is 19.9 Å². The Balaban J connectivity index is 3.84. The Morgan fingerprint density at radius 1 is 1.17 bits per heavy atom. The van der Waals surface area contributed by atoms with Gasteiger partial charge in [-0.05, 0) is 52.0 Å². The number of hydrogen-bond acceptors (Lipinski definition) is 3. The Morgan fingerprint density at radius 3 is 2.39 bits per heavy atom. The number of esters is 1. The van der Waals surface area contributed by atoms with Gasteiger partial charge in [-0.3, -0.25) is 9.59 Å². The van der Waals surface area contributed by atoms with E-state index < -0.39 is 0 Å². The van der Waals surface area contributed by atoms with Crippen molar-refractivity contribution in [2.24, 2.45) is 0 Å². The minimum atomic E-state index is -0.224. The van der Waals surface area contributed by atoms with E-state index in [9.17, 15) is 9.59 Å². The molecule has 3 heteroatoms. The van der Waals surface area contributed by atoms with Gasteiger partial charge in [-0.25, -0.2) is 0 Å². The highest BCUT2D eigenvalue weighted by Crippen LogP contribution is 2.10. The van der Waals surface area contributed by atoms with Crippen LogP contribution in [0.1, 0.15) is 53.4 Å². The van der Waals surface area contributed by atoms with Crippen molar-refractivity contribution in [3.63, 3.8) is 0 Å². The van der Waals surface area contributed by atoms with Gasteiger partial charge in [0.2, 0.25) is 0 Å². The Morgan fingerprint density at radius 2 is 1.83 bits per heavy atom. The van der Waals surface area contributed by atoms with E-state index in [0.717, 1.165) is 37.5 Å². The van der Waals surface area contributed by atoms with E-state index in [2.05, 4.69) is 13.0 Å². The molecule has 0 fully saturated rings. The second kappa shape index (κ2) is 9.63. The predicted octanol–water partition coefficient (Wildman–Crippen LogP) is 3.59. The van der Waals surface area contributed by atoms with Crippen LogP contribution in [-0.4, -0.2) is 18.4 Å². The first-order chi connectivity index (χ1) is 8.45. The maximum atomic E-state index is 10.7. The van der Waals surface area contributed by atoms with E-state index >= 15 is 0 Å². The van der Waals surface area contributed by atoms with Crippen LogP contribution in [0.4, 0.5) is 0 Å². The van der Waals surface area contributed by atoms with Crippen LogP contribution in [0.5, 0.6) is 0 Å². The minimum absolute atomic E-state index is 0.0243. The molecule has 0 N–H and O–H groups in total. The van der Waals surface area contributed by atoms with Crippen molar-refractivity contribution in [1.29, 1.82) is 0 Å². The van der Waals surface area contributed by atoms with Crippen molar-refractivity contribution < 1.29 is 14.3 Å². The van der Waals surface area contributed by atoms with E-state index in [1.165, 1.54) is 12.5 Å². The fourth-order valence-corrected chi connectivity index (χ4v) is 1.58. The molecule has 0 aromatic carbocycles. The zero-order chi connectivity index (χ0) is 14.0. The van der Waals surface area contributed by atoms with Crippen LogP contribution in [0.25, 0.3) is 0 Å². The summed E-state index contributed by atoms with van der Waals surface area (Å²) in [5, 5.41) is 0. The van der Waals surface area contributed by atoms with Crippen LogP contribution >= 0.6 is 0 Å². The lowest BCUT2D eigenvalue weighted by atomic mass is 10.1.